The van der Waals surface area contributed by atoms with E-state index >= 15 is 0 Å². The van der Waals surface area contributed by atoms with Crippen molar-refractivity contribution in [3.63, 3.8) is 0 Å². The summed E-state index contributed by atoms with van der Waals surface area (Å²) in [4.78, 5) is 16.9. The number of pyridine rings is 1. The first-order valence-electron chi connectivity index (χ1n) is 9.69. The number of hydrogen-bond donors (Lipinski definition) is 2. The van der Waals surface area contributed by atoms with Crippen molar-refractivity contribution >= 4 is 51.5 Å². The van der Waals surface area contributed by atoms with Crippen molar-refractivity contribution in [1.29, 1.82) is 0 Å². The molecular weight excluding hydrogens is 433 g/mol. The first kappa shape index (κ1) is 21.2. The van der Waals surface area contributed by atoms with Crippen LogP contribution in [-0.2, 0) is 5.41 Å². The smallest absolute Gasteiger partial charge is 0.306 e. The van der Waals surface area contributed by atoms with Crippen molar-refractivity contribution < 1.29 is 4.79 Å². The average Bonchev–Trinajstić information content (AvgIpc) is 3.15. The fraction of sp³-hybridized carbons (Fsp3) is 0.174. The lowest BCUT2D eigenvalue weighted by Gasteiger charge is -2.14. The van der Waals surface area contributed by atoms with Crippen molar-refractivity contribution in [2.45, 2.75) is 26.2 Å². The third-order valence-electron chi connectivity index (χ3n) is 4.79. The molecule has 4 aromatic rings. The van der Waals surface area contributed by atoms with Crippen LogP contribution in [0.3, 0.4) is 0 Å². The molecule has 6 nitrogen and oxygen atoms in total. The molecule has 0 bridgehead atoms. The van der Waals surface area contributed by atoms with Gasteiger partial charge in [-0.25, -0.2) is 9.48 Å². The highest BCUT2D eigenvalue weighted by Crippen LogP contribution is 2.30. The van der Waals surface area contributed by atoms with E-state index in [1.54, 1.807) is 29.1 Å². The number of hydrogen-bond acceptors (Lipinski definition) is 3. The van der Waals surface area contributed by atoms with Crippen LogP contribution >= 0.6 is 23.2 Å². The van der Waals surface area contributed by atoms with Gasteiger partial charge in [-0.1, -0.05) is 56.1 Å². The quantitative estimate of drug-likeness (QED) is 0.363. The van der Waals surface area contributed by atoms with Crippen LogP contribution < -0.4 is 10.6 Å². The van der Waals surface area contributed by atoms with Crippen molar-refractivity contribution in [2.24, 2.45) is 0 Å². The molecular formula is C23H21Cl2N5O. The van der Waals surface area contributed by atoms with E-state index in [1.165, 1.54) is 0 Å². The summed E-state index contributed by atoms with van der Waals surface area (Å²) in [5, 5.41) is 13.1. The topological polar surface area (TPSA) is 71.8 Å². The zero-order chi connectivity index (χ0) is 22.2. The SMILES string of the molecule is CC(C)(C)c1cc(NC(=O)Nc2cccc(Cl)c2Cl)n(-c2ccc3cnccc3c2)n1. The van der Waals surface area contributed by atoms with Gasteiger partial charge in [0.25, 0.3) is 0 Å². The van der Waals surface area contributed by atoms with E-state index in [9.17, 15) is 4.79 Å². The Morgan fingerprint density at radius 3 is 2.58 bits per heavy atom. The molecule has 31 heavy (non-hydrogen) atoms. The fourth-order valence-corrected chi connectivity index (χ4v) is 3.45. The Morgan fingerprint density at radius 2 is 1.81 bits per heavy atom. The van der Waals surface area contributed by atoms with Gasteiger partial charge in [0.2, 0.25) is 0 Å². The monoisotopic (exact) mass is 453 g/mol. The number of anilines is 2. The fourth-order valence-electron chi connectivity index (χ4n) is 3.11. The summed E-state index contributed by atoms with van der Waals surface area (Å²) in [5.41, 5.74) is 1.89. The number of nitrogens with zero attached hydrogens (tertiary/aromatic N) is 3. The van der Waals surface area contributed by atoms with Gasteiger partial charge in [-0.05, 0) is 35.7 Å². The molecule has 0 aliphatic carbocycles. The second-order valence-electron chi connectivity index (χ2n) is 8.16. The number of aromatic nitrogens is 3. The van der Waals surface area contributed by atoms with Crippen LogP contribution in [0.1, 0.15) is 26.5 Å². The molecule has 2 heterocycles. The summed E-state index contributed by atoms with van der Waals surface area (Å²) in [6, 6.07) is 14.4. The van der Waals surface area contributed by atoms with E-state index in [4.69, 9.17) is 28.3 Å². The Balaban J connectivity index is 1.70. The summed E-state index contributed by atoms with van der Waals surface area (Å²) in [5.74, 6) is 0.536. The van der Waals surface area contributed by atoms with Gasteiger partial charge in [0, 0.05) is 29.3 Å². The molecule has 0 atom stereocenters. The largest absolute Gasteiger partial charge is 0.324 e. The molecule has 8 heteroatoms. The van der Waals surface area contributed by atoms with Gasteiger partial charge in [-0.2, -0.15) is 5.10 Å². The van der Waals surface area contributed by atoms with Crippen LogP contribution in [0, 0.1) is 0 Å². The zero-order valence-electron chi connectivity index (χ0n) is 17.3. The van der Waals surface area contributed by atoms with Crippen LogP contribution in [0.25, 0.3) is 16.5 Å². The zero-order valence-corrected chi connectivity index (χ0v) is 18.8. The molecule has 0 fully saturated rings. The number of rotatable bonds is 3. The molecule has 2 aromatic carbocycles. The molecule has 0 unspecified atom stereocenters. The number of amides is 2. The Kier molecular flexibility index (Phi) is 5.60. The summed E-state index contributed by atoms with van der Waals surface area (Å²) in [6.07, 6.45) is 3.56. The first-order valence-corrected chi connectivity index (χ1v) is 10.4. The van der Waals surface area contributed by atoms with Gasteiger partial charge in [-0.3, -0.25) is 10.3 Å². The van der Waals surface area contributed by atoms with Gasteiger partial charge in [0.15, 0.2) is 0 Å². The third-order valence-corrected chi connectivity index (χ3v) is 5.61. The minimum Gasteiger partial charge on any atom is -0.306 e. The number of urea groups is 1. The van der Waals surface area contributed by atoms with Crippen molar-refractivity contribution in [3.8, 4) is 5.69 Å². The van der Waals surface area contributed by atoms with Gasteiger partial charge in [-0.15, -0.1) is 0 Å². The molecule has 0 aliphatic heterocycles. The van der Waals surface area contributed by atoms with Crippen LogP contribution in [0.5, 0.6) is 0 Å². The Morgan fingerprint density at radius 1 is 1.00 bits per heavy atom. The van der Waals surface area contributed by atoms with Crippen molar-refractivity contribution in [2.75, 3.05) is 10.6 Å². The van der Waals surface area contributed by atoms with Crippen LogP contribution in [0.2, 0.25) is 10.0 Å². The molecule has 2 aromatic heterocycles. The normalized spacial score (nSPS) is 11.5. The number of nitrogens with one attached hydrogen (secondary N) is 2. The number of halogens is 2. The molecule has 0 radical (unpaired) electrons. The molecule has 0 spiro atoms. The van der Waals surface area contributed by atoms with E-state index in [-0.39, 0.29) is 10.4 Å². The number of carbonyl (C=O) groups is 1. The number of carbonyl (C=O) groups excluding carboxylic acids is 1. The highest BCUT2D eigenvalue weighted by atomic mass is 35.5. The summed E-state index contributed by atoms with van der Waals surface area (Å²) in [7, 11) is 0. The Hall–Kier alpha value is -3.09. The maximum atomic E-state index is 12.7. The van der Waals surface area contributed by atoms with Gasteiger partial charge in [0.05, 0.1) is 27.1 Å². The highest BCUT2D eigenvalue weighted by molar-refractivity contribution is 6.44. The second kappa shape index (κ2) is 8.21. The minimum atomic E-state index is -0.448. The summed E-state index contributed by atoms with van der Waals surface area (Å²) in [6.45, 7) is 6.21. The van der Waals surface area contributed by atoms with Crippen LogP contribution in [-0.4, -0.2) is 20.8 Å². The number of fused-ring (bicyclic) bond motifs is 1. The lowest BCUT2D eigenvalue weighted by Crippen LogP contribution is -2.21. The maximum absolute atomic E-state index is 12.7. The first-order chi connectivity index (χ1) is 14.7. The van der Waals surface area contributed by atoms with E-state index in [2.05, 4.69) is 36.4 Å². The van der Waals surface area contributed by atoms with Crippen LogP contribution in [0.4, 0.5) is 16.3 Å². The number of benzene rings is 2. The van der Waals surface area contributed by atoms with E-state index < -0.39 is 6.03 Å². The van der Waals surface area contributed by atoms with Gasteiger partial charge >= 0.3 is 6.03 Å². The van der Waals surface area contributed by atoms with E-state index in [1.807, 2.05) is 36.5 Å². The second-order valence-corrected chi connectivity index (χ2v) is 8.95. The standard InChI is InChI=1S/C23H21Cl2N5O/c1-23(2,3)19-12-20(28-22(31)27-18-6-4-5-17(24)21(18)25)30(29-19)16-8-7-15-13-26-10-9-14(15)11-16/h4-13H,1-3H3,(H2,27,28,31). The molecule has 4 rings (SSSR count). The minimum absolute atomic E-state index is 0.199. The van der Waals surface area contributed by atoms with Crippen LogP contribution in [0.15, 0.2) is 60.9 Å². The lowest BCUT2D eigenvalue weighted by molar-refractivity contribution is 0.262. The molecule has 2 N–H and O–H groups in total. The van der Waals surface area contributed by atoms with Crippen molar-refractivity contribution in [1.82, 2.24) is 14.8 Å². The molecule has 158 valence electrons. The van der Waals surface area contributed by atoms with E-state index in [0.29, 0.717) is 16.5 Å². The van der Waals surface area contributed by atoms with Gasteiger partial charge < -0.3 is 5.32 Å². The predicted octanol–water partition coefficient (Wildman–Crippen LogP) is 6.67. The van der Waals surface area contributed by atoms with Crippen molar-refractivity contribution in [3.05, 3.63) is 76.7 Å². The highest BCUT2D eigenvalue weighted by Gasteiger charge is 2.22. The molecule has 2 amide bonds. The third kappa shape index (κ3) is 4.50. The predicted molar refractivity (Wildman–Crippen MR) is 127 cm³/mol. The summed E-state index contributed by atoms with van der Waals surface area (Å²) < 4.78 is 1.72. The lowest BCUT2D eigenvalue weighted by atomic mass is 9.92. The molecule has 0 saturated carbocycles. The summed E-state index contributed by atoms with van der Waals surface area (Å²) >= 11 is 12.2. The Labute approximate surface area is 190 Å². The maximum Gasteiger partial charge on any atom is 0.324 e. The van der Waals surface area contributed by atoms with Gasteiger partial charge in [0.1, 0.15) is 5.82 Å². The molecule has 0 saturated heterocycles. The average molecular weight is 454 g/mol. The Bertz CT molecular complexity index is 1280. The van der Waals surface area contributed by atoms with E-state index in [0.717, 1.165) is 22.2 Å². The molecule has 0 aliphatic rings.